The summed E-state index contributed by atoms with van der Waals surface area (Å²) in [5.41, 5.74) is 0.858. The van der Waals surface area contributed by atoms with Crippen molar-refractivity contribution in [1.29, 1.82) is 0 Å². The monoisotopic (exact) mass is 309 g/mol. The Morgan fingerprint density at radius 3 is 1.82 bits per heavy atom. The second-order valence-corrected chi connectivity index (χ2v) is 5.09. The number of ether oxygens (including phenoxy) is 3. The molecule has 0 spiro atoms. The largest absolute Gasteiger partial charge is 0.493 e. The van der Waals surface area contributed by atoms with E-state index < -0.39 is 0 Å². The van der Waals surface area contributed by atoms with Gasteiger partial charge in [0.1, 0.15) is 0 Å². The SMILES string of the molecule is CCCN(CCC)C(=O)Cc1cc(OC)c(OC)c(OC)c1. The van der Waals surface area contributed by atoms with E-state index in [1.54, 1.807) is 21.3 Å². The Morgan fingerprint density at radius 1 is 0.955 bits per heavy atom. The molecule has 0 N–H and O–H groups in total. The Hall–Kier alpha value is -1.91. The van der Waals surface area contributed by atoms with Crippen LogP contribution >= 0.6 is 0 Å². The first-order valence-corrected chi connectivity index (χ1v) is 7.67. The van der Waals surface area contributed by atoms with Gasteiger partial charge in [0, 0.05) is 13.1 Å². The summed E-state index contributed by atoms with van der Waals surface area (Å²) in [6.45, 7) is 5.74. The highest BCUT2D eigenvalue weighted by atomic mass is 16.5. The van der Waals surface area contributed by atoms with Gasteiger partial charge in [0.05, 0.1) is 27.8 Å². The molecule has 0 unspecified atom stereocenters. The van der Waals surface area contributed by atoms with Gasteiger partial charge in [-0.05, 0) is 30.5 Å². The van der Waals surface area contributed by atoms with Crippen LogP contribution in [0.1, 0.15) is 32.3 Å². The van der Waals surface area contributed by atoms with Crippen molar-refractivity contribution >= 4 is 5.91 Å². The normalized spacial score (nSPS) is 10.2. The first-order valence-electron chi connectivity index (χ1n) is 7.67. The van der Waals surface area contributed by atoms with Gasteiger partial charge in [-0.25, -0.2) is 0 Å². The highest BCUT2D eigenvalue weighted by Crippen LogP contribution is 2.38. The Balaban J connectivity index is 2.99. The Labute approximate surface area is 133 Å². The summed E-state index contributed by atoms with van der Waals surface area (Å²) in [7, 11) is 4.71. The topological polar surface area (TPSA) is 48.0 Å². The molecule has 0 aliphatic carbocycles. The predicted octanol–water partition coefficient (Wildman–Crippen LogP) is 2.90. The molecule has 22 heavy (non-hydrogen) atoms. The molecule has 0 radical (unpaired) electrons. The van der Waals surface area contributed by atoms with Crippen molar-refractivity contribution in [3.63, 3.8) is 0 Å². The average molecular weight is 309 g/mol. The van der Waals surface area contributed by atoms with E-state index in [1.807, 2.05) is 17.0 Å². The molecule has 0 fully saturated rings. The number of methoxy groups -OCH3 is 3. The lowest BCUT2D eigenvalue weighted by Gasteiger charge is -2.22. The van der Waals surface area contributed by atoms with E-state index in [9.17, 15) is 4.79 Å². The first kappa shape index (κ1) is 18.1. The second-order valence-electron chi connectivity index (χ2n) is 5.09. The van der Waals surface area contributed by atoms with Gasteiger partial charge in [-0.1, -0.05) is 13.8 Å². The molecule has 1 amide bonds. The van der Waals surface area contributed by atoms with Crippen LogP contribution in [0.2, 0.25) is 0 Å². The third kappa shape index (κ3) is 4.55. The molecule has 0 aliphatic rings. The van der Waals surface area contributed by atoms with Crippen molar-refractivity contribution < 1.29 is 19.0 Å². The van der Waals surface area contributed by atoms with E-state index in [2.05, 4.69) is 13.8 Å². The van der Waals surface area contributed by atoms with Crippen LogP contribution in [0.25, 0.3) is 0 Å². The fourth-order valence-corrected chi connectivity index (χ4v) is 2.42. The number of nitrogens with zero attached hydrogens (tertiary/aromatic N) is 1. The summed E-state index contributed by atoms with van der Waals surface area (Å²) in [6, 6.07) is 3.66. The fraction of sp³-hybridized carbons (Fsp3) is 0.588. The van der Waals surface area contributed by atoms with Gasteiger partial charge in [0.25, 0.3) is 0 Å². The minimum Gasteiger partial charge on any atom is -0.493 e. The number of benzene rings is 1. The van der Waals surface area contributed by atoms with E-state index in [1.165, 1.54) is 0 Å². The van der Waals surface area contributed by atoms with Crippen LogP contribution in [0.3, 0.4) is 0 Å². The summed E-state index contributed by atoms with van der Waals surface area (Å²) in [5, 5.41) is 0. The predicted molar refractivity (Wildman–Crippen MR) is 87.0 cm³/mol. The maximum atomic E-state index is 12.5. The maximum Gasteiger partial charge on any atom is 0.226 e. The van der Waals surface area contributed by atoms with Crippen molar-refractivity contribution in [1.82, 2.24) is 4.90 Å². The minimum absolute atomic E-state index is 0.123. The molecule has 124 valence electrons. The van der Waals surface area contributed by atoms with E-state index in [0.717, 1.165) is 31.5 Å². The Bertz CT molecular complexity index is 457. The van der Waals surface area contributed by atoms with Gasteiger partial charge < -0.3 is 19.1 Å². The molecule has 0 saturated carbocycles. The van der Waals surface area contributed by atoms with Gasteiger partial charge in [0.2, 0.25) is 11.7 Å². The lowest BCUT2D eigenvalue weighted by atomic mass is 10.1. The quantitative estimate of drug-likeness (QED) is 0.704. The van der Waals surface area contributed by atoms with Crippen molar-refractivity contribution in [3.05, 3.63) is 17.7 Å². The van der Waals surface area contributed by atoms with E-state index in [4.69, 9.17) is 14.2 Å². The molecule has 0 heterocycles. The molecule has 5 nitrogen and oxygen atoms in total. The Morgan fingerprint density at radius 2 is 1.45 bits per heavy atom. The molecule has 1 rings (SSSR count). The fourth-order valence-electron chi connectivity index (χ4n) is 2.42. The molecule has 5 heteroatoms. The van der Waals surface area contributed by atoms with Crippen LogP contribution in [0.15, 0.2) is 12.1 Å². The van der Waals surface area contributed by atoms with Crippen LogP contribution in [0.5, 0.6) is 17.2 Å². The summed E-state index contributed by atoms with van der Waals surface area (Å²) in [5.74, 6) is 1.81. The number of carbonyl (C=O) groups excluding carboxylic acids is 1. The van der Waals surface area contributed by atoms with E-state index >= 15 is 0 Å². The van der Waals surface area contributed by atoms with Crippen LogP contribution in [0.4, 0.5) is 0 Å². The minimum atomic E-state index is 0.123. The Kier molecular flexibility index (Phi) is 7.57. The van der Waals surface area contributed by atoms with Crippen LogP contribution in [-0.2, 0) is 11.2 Å². The second kappa shape index (κ2) is 9.18. The molecule has 1 aromatic rings. The molecular weight excluding hydrogens is 282 g/mol. The van der Waals surface area contributed by atoms with Gasteiger partial charge in [-0.3, -0.25) is 4.79 Å². The van der Waals surface area contributed by atoms with Gasteiger partial charge >= 0.3 is 0 Å². The number of carbonyl (C=O) groups is 1. The lowest BCUT2D eigenvalue weighted by molar-refractivity contribution is -0.130. The molecule has 0 atom stereocenters. The molecular formula is C17H27NO4. The van der Waals surface area contributed by atoms with Crippen molar-refractivity contribution in [2.75, 3.05) is 34.4 Å². The van der Waals surface area contributed by atoms with Gasteiger partial charge in [-0.15, -0.1) is 0 Å². The van der Waals surface area contributed by atoms with E-state index in [-0.39, 0.29) is 5.91 Å². The van der Waals surface area contributed by atoms with Crippen LogP contribution in [0, 0.1) is 0 Å². The zero-order chi connectivity index (χ0) is 16.5. The number of rotatable bonds is 9. The van der Waals surface area contributed by atoms with Crippen molar-refractivity contribution in [3.8, 4) is 17.2 Å². The standard InChI is InChI=1S/C17H27NO4/c1-6-8-18(9-7-2)16(19)12-13-10-14(20-3)17(22-5)15(11-13)21-4/h10-11H,6-9,12H2,1-5H3. The van der Waals surface area contributed by atoms with Crippen molar-refractivity contribution in [2.45, 2.75) is 33.1 Å². The van der Waals surface area contributed by atoms with Gasteiger partial charge in [-0.2, -0.15) is 0 Å². The summed E-state index contributed by atoms with van der Waals surface area (Å²) >= 11 is 0. The number of hydrogen-bond donors (Lipinski definition) is 0. The number of amides is 1. The summed E-state index contributed by atoms with van der Waals surface area (Å²) < 4.78 is 16.0. The molecule has 0 bridgehead atoms. The first-order chi connectivity index (χ1) is 10.6. The van der Waals surface area contributed by atoms with Crippen molar-refractivity contribution in [2.24, 2.45) is 0 Å². The highest BCUT2D eigenvalue weighted by molar-refractivity contribution is 5.79. The van der Waals surface area contributed by atoms with Crippen LogP contribution < -0.4 is 14.2 Å². The molecule has 0 aliphatic heterocycles. The number of hydrogen-bond acceptors (Lipinski definition) is 4. The third-order valence-electron chi connectivity index (χ3n) is 3.42. The molecule has 0 aromatic heterocycles. The molecule has 1 aromatic carbocycles. The lowest BCUT2D eigenvalue weighted by Crippen LogP contribution is -2.33. The summed E-state index contributed by atoms with van der Waals surface area (Å²) in [4.78, 5) is 14.4. The third-order valence-corrected chi connectivity index (χ3v) is 3.42. The average Bonchev–Trinajstić information content (AvgIpc) is 2.53. The zero-order valence-corrected chi connectivity index (χ0v) is 14.3. The highest BCUT2D eigenvalue weighted by Gasteiger charge is 2.17. The smallest absolute Gasteiger partial charge is 0.226 e. The molecule has 0 saturated heterocycles. The van der Waals surface area contributed by atoms with E-state index in [0.29, 0.717) is 23.7 Å². The van der Waals surface area contributed by atoms with Gasteiger partial charge in [0.15, 0.2) is 11.5 Å². The van der Waals surface area contributed by atoms with Crippen LogP contribution in [-0.4, -0.2) is 45.2 Å². The maximum absolute atomic E-state index is 12.5. The zero-order valence-electron chi connectivity index (χ0n) is 14.3. The summed E-state index contributed by atoms with van der Waals surface area (Å²) in [6.07, 6.45) is 2.25.